The zero-order chi connectivity index (χ0) is 15.7. The lowest BCUT2D eigenvalue weighted by molar-refractivity contribution is 0.585. The number of benzene rings is 2. The first-order chi connectivity index (χ1) is 10.5. The van der Waals surface area contributed by atoms with E-state index < -0.39 is 10.0 Å². The van der Waals surface area contributed by atoms with Gasteiger partial charge >= 0.3 is 0 Å². The number of aryl methyl sites for hydroxylation is 1. The minimum atomic E-state index is -3.63. The Morgan fingerprint density at radius 3 is 2.55 bits per heavy atom. The molecule has 0 fully saturated rings. The summed E-state index contributed by atoms with van der Waals surface area (Å²) in [6, 6.07) is 14.0. The van der Waals surface area contributed by atoms with E-state index in [1.165, 1.54) is 4.31 Å². The number of hydrogen-bond donors (Lipinski definition) is 1. The van der Waals surface area contributed by atoms with Crippen LogP contribution in [0.25, 0.3) is 0 Å². The van der Waals surface area contributed by atoms with Gasteiger partial charge in [0.2, 0.25) is 0 Å². The third-order valence-corrected chi connectivity index (χ3v) is 5.65. The lowest BCUT2D eigenvalue weighted by Gasteiger charge is -2.36. The zero-order valence-corrected chi connectivity index (χ0v) is 13.2. The molecule has 0 spiro atoms. The lowest BCUT2D eigenvalue weighted by Crippen LogP contribution is -2.46. The number of anilines is 2. The summed E-state index contributed by atoms with van der Waals surface area (Å²) in [7, 11) is -3.63. The molecule has 0 saturated heterocycles. The Hall–Kier alpha value is -2.27. The molecule has 0 bridgehead atoms. The van der Waals surface area contributed by atoms with Gasteiger partial charge in [0.25, 0.3) is 10.0 Å². The molecule has 0 unspecified atom stereocenters. The fourth-order valence-electron chi connectivity index (χ4n) is 2.60. The van der Waals surface area contributed by atoms with Crippen LogP contribution in [0.4, 0.5) is 11.4 Å². The number of nitrogens with one attached hydrogen (secondary N) is 1. The van der Waals surface area contributed by atoms with Gasteiger partial charge in [-0.15, -0.1) is 6.58 Å². The molecule has 1 aliphatic heterocycles. The van der Waals surface area contributed by atoms with E-state index in [1.54, 1.807) is 18.2 Å². The molecule has 0 aromatic heterocycles. The molecule has 2 aromatic carbocycles. The Morgan fingerprint density at radius 1 is 1.18 bits per heavy atom. The average Bonchev–Trinajstić information content (AvgIpc) is 2.54. The van der Waals surface area contributed by atoms with Crippen LogP contribution < -0.4 is 9.62 Å². The number of rotatable bonds is 3. The summed E-state index contributed by atoms with van der Waals surface area (Å²) < 4.78 is 27.6. The molecule has 0 amide bonds. The van der Waals surface area contributed by atoms with E-state index in [0.29, 0.717) is 17.1 Å². The first kappa shape index (κ1) is 14.7. The molecule has 22 heavy (non-hydrogen) atoms. The van der Waals surface area contributed by atoms with Crippen molar-refractivity contribution in [3.8, 4) is 0 Å². The quantitative estimate of drug-likeness (QED) is 0.885. The summed E-state index contributed by atoms with van der Waals surface area (Å²) in [6.07, 6.45) is 1.66. The van der Waals surface area contributed by atoms with Crippen LogP contribution in [0.15, 0.2) is 66.1 Å². The predicted octanol–water partition coefficient (Wildman–Crippen LogP) is 3.17. The van der Waals surface area contributed by atoms with E-state index in [-0.39, 0.29) is 6.04 Å². The number of hydrogen-bond acceptors (Lipinski definition) is 3. The van der Waals surface area contributed by atoms with E-state index >= 15 is 0 Å². The number of fused-ring (bicyclic) bond motifs is 1. The van der Waals surface area contributed by atoms with Gasteiger partial charge in [0, 0.05) is 6.54 Å². The Kier molecular flexibility index (Phi) is 3.66. The molecule has 4 nitrogen and oxygen atoms in total. The Bertz CT molecular complexity index is 798. The topological polar surface area (TPSA) is 49.4 Å². The van der Waals surface area contributed by atoms with Crippen LogP contribution in [0.1, 0.15) is 5.56 Å². The molecule has 1 aliphatic rings. The van der Waals surface area contributed by atoms with Gasteiger partial charge in [-0.3, -0.25) is 4.31 Å². The van der Waals surface area contributed by atoms with Crippen molar-refractivity contribution in [3.63, 3.8) is 0 Å². The van der Waals surface area contributed by atoms with E-state index in [2.05, 4.69) is 11.9 Å². The van der Waals surface area contributed by atoms with Crippen LogP contribution in [-0.4, -0.2) is 21.0 Å². The molecule has 1 N–H and O–H groups in total. The van der Waals surface area contributed by atoms with Crippen molar-refractivity contribution < 1.29 is 8.42 Å². The smallest absolute Gasteiger partial charge is 0.264 e. The van der Waals surface area contributed by atoms with Crippen molar-refractivity contribution >= 4 is 21.4 Å². The van der Waals surface area contributed by atoms with Gasteiger partial charge in [-0.05, 0) is 31.2 Å². The maximum atomic E-state index is 13.1. The zero-order valence-electron chi connectivity index (χ0n) is 12.4. The van der Waals surface area contributed by atoms with Crippen LogP contribution in [0, 0.1) is 6.92 Å². The van der Waals surface area contributed by atoms with Crippen LogP contribution >= 0.6 is 0 Å². The molecule has 5 heteroatoms. The highest BCUT2D eigenvalue weighted by Gasteiger charge is 2.34. The highest BCUT2D eigenvalue weighted by molar-refractivity contribution is 7.92. The normalized spacial score (nSPS) is 17.5. The van der Waals surface area contributed by atoms with E-state index in [0.717, 1.165) is 11.3 Å². The summed E-state index contributed by atoms with van der Waals surface area (Å²) in [5, 5.41) is 3.25. The lowest BCUT2D eigenvalue weighted by atomic mass is 10.1. The third kappa shape index (κ3) is 2.37. The maximum Gasteiger partial charge on any atom is 0.264 e. The Labute approximate surface area is 131 Å². The van der Waals surface area contributed by atoms with Crippen LogP contribution in [0.3, 0.4) is 0 Å². The summed E-state index contributed by atoms with van der Waals surface area (Å²) >= 11 is 0. The second-order valence-corrected chi connectivity index (χ2v) is 7.13. The van der Waals surface area contributed by atoms with Gasteiger partial charge < -0.3 is 5.32 Å². The molecule has 0 aliphatic carbocycles. The molecule has 1 heterocycles. The number of sulfonamides is 1. The average molecular weight is 314 g/mol. The fourth-order valence-corrected chi connectivity index (χ4v) is 4.24. The van der Waals surface area contributed by atoms with E-state index in [4.69, 9.17) is 0 Å². The summed E-state index contributed by atoms with van der Waals surface area (Å²) in [5.41, 5.74) is 2.50. The number of nitrogens with zero attached hydrogens (tertiary/aromatic N) is 1. The largest absolute Gasteiger partial charge is 0.381 e. The van der Waals surface area contributed by atoms with E-state index in [1.807, 2.05) is 43.3 Å². The minimum Gasteiger partial charge on any atom is -0.381 e. The Morgan fingerprint density at radius 2 is 1.86 bits per heavy atom. The summed E-state index contributed by atoms with van der Waals surface area (Å²) in [6.45, 7) is 6.22. The molecule has 2 aromatic rings. The highest BCUT2D eigenvalue weighted by Crippen LogP contribution is 2.35. The van der Waals surface area contributed by atoms with Crippen LogP contribution in [-0.2, 0) is 10.0 Å². The predicted molar refractivity (Wildman–Crippen MR) is 89.8 cm³/mol. The monoisotopic (exact) mass is 314 g/mol. The van der Waals surface area contributed by atoms with Crippen LogP contribution in [0.2, 0.25) is 0 Å². The van der Waals surface area contributed by atoms with Crippen molar-refractivity contribution in [1.82, 2.24) is 0 Å². The molecule has 114 valence electrons. The summed E-state index contributed by atoms with van der Waals surface area (Å²) in [4.78, 5) is 0.293. The molecule has 1 atom stereocenters. The second-order valence-electron chi connectivity index (χ2n) is 5.32. The van der Waals surface area contributed by atoms with E-state index in [9.17, 15) is 8.42 Å². The maximum absolute atomic E-state index is 13.1. The van der Waals surface area contributed by atoms with Crippen molar-refractivity contribution in [2.45, 2.75) is 17.9 Å². The van der Waals surface area contributed by atoms with Crippen molar-refractivity contribution in [2.24, 2.45) is 0 Å². The minimum absolute atomic E-state index is 0.293. The molecular formula is C17H18N2O2S. The second kappa shape index (κ2) is 5.50. The molecule has 3 rings (SSSR count). The van der Waals surface area contributed by atoms with Gasteiger partial charge in [-0.2, -0.15) is 0 Å². The third-order valence-electron chi connectivity index (χ3n) is 3.79. The van der Waals surface area contributed by atoms with Crippen molar-refractivity contribution in [2.75, 3.05) is 16.2 Å². The van der Waals surface area contributed by atoms with Crippen molar-refractivity contribution in [1.29, 1.82) is 0 Å². The SMILES string of the molecule is C=C[C@@H]1CNc2ccccc2N1S(=O)(=O)c1ccc(C)cc1. The molecule has 0 radical (unpaired) electrons. The molecule has 0 saturated carbocycles. The van der Waals surface area contributed by atoms with Crippen molar-refractivity contribution in [3.05, 3.63) is 66.7 Å². The van der Waals surface area contributed by atoms with Gasteiger partial charge in [-0.25, -0.2) is 8.42 Å². The van der Waals surface area contributed by atoms with Crippen LogP contribution in [0.5, 0.6) is 0 Å². The van der Waals surface area contributed by atoms with Gasteiger partial charge in [-0.1, -0.05) is 35.9 Å². The molecular weight excluding hydrogens is 296 g/mol. The highest BCUT2D eigenvalue weighted by atomic mass is 32.2. The number of para-hydroxylation sites is 2. The Balaban J connectivity index is 2.15. The van der Waals surface area contributed by atoms with Gasteiger partial charge in [0.15, 0.2) is 0 Å². The van der Waals surface area contributed by atoms with Gasteiger partial charge in [0.05, 0.1) is 22.3 Å². The fraction of sp³-hybridized carbons (Fsp3) is 0.176. The summed E-state index contributed by atoms with van der Waals surface area (Å²) in [5.74, 6) is 0. The first-order valence-electron chi connectivity index (χ1n) is 7.10. The standard InChI is InChI=1S/C17H18N2O2S/c1-3-14-12-18-16-6-4-5-7-17(16)19(14)22(20,21)15-10-8-13(2)9-11-15/h3-11,14,18H,1,12H2,2H3/t14-/m1/s1. The van der Waals surface area contributed by atoms with Gasteiger partial charge in [0.1, 0.15) is 0 Å². The first-order valence-corrected chi connectivity index (χ1v) is 8.54.